The summed E-state index contributed by atoms with van der Waals surface area (Å²) < 4.78 is 6.70. The topological polar surface area (TPSA) is 29.5 Å². The predicted molar refractivity (Wildman–Crippen MR) is 75.6 cm³/mol. The maximum atomic E-state index is 9.12. The fraction of sp³-hybridized carbons (Fsp3) is 0.200. The van der Waals surface area contributed by atoms with Crippen molar-refractivity contribution in [2.45, 2.75) is 20.1 Å². The summed E-state index contributed by atoms with van der Waals surface area (Å²) in [5.41, 5.74) is 3.03. The van der Waals surface area contributed by atoms with Crippen LogP contribution in [-0.2, 0) is 13.2 Å². The van der Waals surface area contributed by atoms with E-state index < -0.39 is 0 Å². The number of hydrogen-bond donors (Lipinski definition) is 1. The maximum Gasteiger partial charge on any atom is 0.136 e. The van der Waals surface area contributed by atoms with Gasteiger partial charge in [-0.05, 0) is 45.6 Å². The van der Waals surface area contributed by atoms with Gasteiger partial charge in [-0.15, -0.1) is 0 Å². The van der Waals surface area contributed by atoms with Crippen LogP contribution in [0.5, 0.6) is 5.75 Å². The molecule has 3 heteroatoms. The molecule has 2 aromatic carbocycles. The SMILES string of the molecule is Cc1cc(CO)cc(Br)c1OCc1ccccc1. The first-order valence-electron chi connectivity index (χ1n) is 5.77. The molecule has 0 aromatic heterocycles. The number of aryl methyl sites for hydroxylation is 1. The summed E-state index contributed by atoms with van der Waals surface area (Å²) in [5.74, 6) is 0.830. The van der Waals surface area contributed by atoms with Crippen molar-refractivity contribution in [3.8, 4) is 5.75 Å². The second-order valence-corrected chi connectivity index (χ2v) is 5.01. The van der Waals surface area contributed by atoms with Crippen molar-refractivity contribution in [3.05, 3.63) is 63.6 Å². The van der Waals surface area contributed by atoms with Gasteiger partial charge >= 0.3 is 0 Å². The highest BCUT2D eigenvalue weighted by Crippen LogP contribution is 2.31. The molecule has 18 heavy (non-hydrogen) atoms. The lowest BCUT2D eigenvalue weighted by Gasteiger charge is -2.12. The van der Waals surface area contributed by atoms with Gasteiger partial charge in [-0.3, -0.25) is 0 Å². The van der Waals surface area contributed by atoms with Crippen LogP contribution in [0, 0.1) is 6.92 Å². The number of hydrogen-bond acceptors (Lipinski definition) is 2. The van der Waals surface area contributed by atoms with Crippen molar-refractivity contribution < 1.29 is 9.84 Å². The lowest BCUT2D eigenvalue weighted by Crippen LogP contribution is -1.98. The Balaban J connectivity index is 2.15. The van der Waals surface area contributed by atoms with E-state index >= 15 is 0 Å². The first-order valence-corrected chi connectivity index (χ1v) is 6.56. The molecule has 94 valence electrons. The zero-order valence-corrected chi connectivity index (χ0v) is 11.8. The Morgan fingerprint density at radius 2 is 1.83 bits per heavy atom. The number of rotatable bonds is 4. The summed E-state index contributed by atoms with van der Waals surface area (Å²) in [5, 5.41) is 9.12. The minimum atomic E-state index is 0.0401. The van der Waals surface area contributed by atoms with E-state index in [2.05, 4.69) is 15.9 Å². The quantitative estimate of drug-likeness (QED) is 0.930. The van der Waals surface area contributed by atoms with Crippen LogP contribution in [0.2, 0.25) is 0 Å². The summed E-state index contributed by atoms with van der Waals surface area (Å²) in [4.78, 5) is 0. The van der Waals surface area contributed by atoms with Crippen LogP contribution < -0.4 is 4.74 Å². The highest BCUT2D eigenvalue weighted by atomic mass is 79.9. The molecule has 0 saturated carbocycles. The maximum absolute atomic E-state index is 9.12. The average Bonchev–Trinajstić information content (AvgIpc) is 2.38. The van der Waals surface area contributed by atoms with E-state index in [0.29, 0.717) is 6.61 Å². The molecule has 0 aliphatic rings. The van der Waals surface area contributed by atoms with E-state index in [1.54, 1.807) is 0 Å². The molecule has 0 saturated heterocycles. The van der Waals surface area contributed by atoms with Gasteiger partial charge in [0.25, 0.3) is 0 Å². The van der Waals surface area contributed by atoms with Gasteiger partial charge in [0.05, 0.1) is 11.1 Å². The number of aliphatic hydroxyl groups excluding tert-OH is 1. The summed E-state index contributed by atoms with van der Waals surface area (Å²) in [6.07, 6.45) is 0. The normalized spacial score (nSPS) is 10.4. The van der Waals surface area contributed by atoms with Crippen LogP contribution in [0.15, 0.2) is 46.9 Å². The molecule has 0 spiro atoms. The van der Waals surface area contributed by atoms with Crippen molar-refractivity contribution in [2.24, 2.45) is 0 Å². The van der Waals surface area contributed by atoms with E-state index in [1.165, 1.54) is 0 Å². The van der Waals surface area contributed by atoms with Gasteiger partial charge in [0, 0.05) is 0 Å². The second kappa shape index (κ2) is 6.03. The molecule has 0 fully saturated rings. The number of ether oxygens (including phenoxy) is 1. The summed E-state index contributed by atoms with van der Waals surface area (Å²) in [6.45, 7) is 2.56. The Morgan fingerprint density at radius 1 is 1.11 bits per heavy atom. The minimum Gasteiger partial charge on any atom is -0.487 e. The minimum absolute atomic E-state index is 0.0401. The van der Waals surface area contributed by atoms with Crippen molar-refractivity contribution in [1.82, 2.24) is 0 Å². The predicted octanol–water partition coefficient (Wildman–Crippen LogP) is 3.83. The fourth-order valence-electron chi connectivity index (χ4n) is 1.81. The van der Waals surface area contributed by atoms with E-state index in [0.717, 1.165) is 26.9 Å². The molecule has 2 rings (SSSR count). The first-order chi connectivity index (χ1) is 8.70. The molecule has 1 N–H and O–H groups in total. The molecule has 0 amide bonds. The van der Waals surface area contributed by atoms with Crippen LogP contribution in [0.1, 0.15) is 16.7 Å². The Labute approximate surface area is 115 Å². The number of benzene rings is 2. The van der Waals surface area contributed by atoms with Gasteiger partial charge in [0.1, 0.15) is 12.4 Å². The molecule has 2 nitrogen and oxygen atoms in total. The Bertz CT molecular complexity index is 500. The molecule has 0 radical (unpaired) electrons. The molecule has 0 heterocycles. The van der Waals surface area contributed by atoms with E-state index in [-0.39, 0.29) is 6.61 Å². The highest BCUT2D eigenvalue weighted by molar-refractivity contribution is 9.10. The lowest BCUT2D eigenvalue weighted by atomic mass is 10.1. The van der Waals surface area contributed by atoms with Crippen molar-refractivity contribution in [2.75, 3.05) is 0 Å². The Hall–Kier alpha value is -1.32. The largest absolute Gasteiger partial charge is 0.487 e. The van der Waals surface area contributed by atoms with Gasteiger partial charge < -0.3 is 9.84 Å². The fourth-order valence-corrected chi connectivity index (χ4v) is 2.53. The van der Waals surface area contributed by atoms with Gasteiger partial charge in [0.2, 0.25) is 0 Å². The third-order valence-electron chi connectivity index (χ3n) is 2.70. The Kier molecular flexibility index (Phi) is 4.39. The second-order valence-electron chi connectivity index (χ2n) is 4.16. The molecule has 0 aliphatic carbocycles. The van der Waals surface area contributed by atoms with Gasteiger partial charge in [-0.25, -0.2) is 0 Å². The van der Waals surface area contributed by atoms with E-state index in [4.69, 9.17) is 9.84 Å². The summed E-state index contributed by atoms with van der Waals surface area (Å²) in [6, 6.07) is 13.9. The van der Waals surface area contributed by atoms with Crippen LogP contribution >= 0.6 is 15.9 Å². The molecule has 0 bridgehead atoms. The third-order valence-corrected chi connectivity index (χ3v) is 3.29. The molecular weight excluding hydrogens is 292 g/mol. The van der Waals surface area contributed by atoms with Crippen LogP contribution in [-0.4, -0.2) is 5.11 Å². The van der Waals surface area contributed by atoms with Crippen molar-refractivity contribution >= 4 is 15.9 Å². The first kappa shape index (κ1) is 13.1. The molecule has 0 aliphatic heterocycles. The van der Waals surface area contributed by atoms with Crippen LogP contribution in [0.4, 0.5) is 0 Å². The zero-order chi connectivity index (χ0) is 13.0. The summed E-state index contributed by atoms with van der Waals surface area (Å²) >= 11 is 3.48. The Morgan fingerprint density at radius 3 is 2.44 bits per heavy atom. The van der Waals surface area contributed by atoms with Crippen LogP contribution in [0.25, 0.3) is 0 Å². The van der Waals surface area contributed by atoms with E-state index in [9.17, 15) is 0 Å². The number of aliphatic hydroxyl groups is 1. The average molecular weight is 307 g/mol. The van der Waals surface area contributed by atoms with Crippen molar-refractivity contribution in [3.63, 3.8) is 0 Å². The zero-order valence-electron chi connectivity index (χ0n) is 10.2. The standard InChI is InChI=1S/C15H15BrO2/c1-11-7-13(9-17)8-14(16)15(11)18-10-12-5-3-2-4-6-12/h2-8,17H,9-10H2,1H3. The molecule has 0 unspecified atom stereocenters. The van der Waals surface area contributed by atoms with Crippen molar-refractivity contribution in [1.29, 1.82) is 0 Å². The van der Waals surface area contributed by atoms with Gasteiger partial charge in [-0.2, -0.15) is 0 Å². The molecular formula is C15H15BrO2. The molecule has 0 atom stereocenters. The monoisotopic (exact) mass is 306 g/mol. The summed E-state index contributed by atoms with van der Waals surface area (Å²) in [7, 11) is 0. The number of halogens is 1. The lowest BCUT2D eigenvalue weighted by molar-refractivity contribution is 0.280. The highest BCUT2D eigenvalue weighted by Gasteiger charge is 2.07. The van der Waals surface area contributed by atoms with Crippen LogP contribution in [0.3, 0.4) is 0 Å². The third kappa shape index (κ3) is 3.12. The van der Waals surface area contributed by atoms with Gasteiger partial charge in [-0.1, -0.05) is 36.4 Å². The van der Waals surface area contributed by atoms with Gasteiger partial charge in [0.15, 0.2) is 0 Å². The smallest absolute Gasteiger partial charge is 0.136 e. The van der Waals surface area contributed by atoms with E-state index in [1.807, 2.05) is 49.4 Å². The molecule has 2 aromatic rings.